The summed E-state index contributed by atoms with van der Waals surface area (Å²) in [7, 11) is 1.83. The van der Waals surface area contributed by atoms with Crippen LogP contribution in [-0.2, 0) is 23.2 Å². The van der Waals surface area contributed by atoms with Crippen LogP contribution in [0.5, 0.6) is 0 Å². The summed E-state index contributed by atoms with van der Waals surface area (Å²) < 4.78 is 1.71. The van der Waals surface area contributed by atoms with E-state index in [1.165, 1.54) is 0 Å². The molecule has 0 atom stereocenters. The Morgan fingerprint density at radius 3 is 3.00 bits per heavy atom. The lowest BCUT2D eigenvalue weighted by molar-refractivity contribution is -0.137. The lowest BCUT2D eigenvalue weighted by Crippen LogP contribution is -2.42. The van der Waals surface area contributed by atoms with Gasteiger partial charge in [0, 0.05) is 26.2 Å². The first kappa shape index (κ1) is 12.6. The topological polar surface area (TPSA) is 67.2 Å². The highest BCUT2D eigenvalue weighted by molar-refractivity contribution is 5.85. The molecule has 0 saturated carbocycles. The van der Waals surface area contributed by atoms with Crippen LogP contribution in [-0.4, -0.2) is 39.6 Å². The van der Waals surface area contributed by atoms with E-state index in [4.69, 9.17) is 0 Å². The molecule has 1 N–H and O–H groups in total. The van der Waals surface area contributed by atoms with Crippen LogP contribution in [0.4, 0.5) is 0 Å². The maximum absolute atomic E-state index is 11.7. The van der Waals surface area contributed by atoms with Crippen LogP contribution in [0.2, 0.25) is 0 Å². The van der Waals surface area contributed by atoms with Crippen molar-refractivity contribution in [3.8, 4) is 0 Å². The SMILES string of the molecule is Cn1nccc1CNC(=O)CN1CCCCC1=O. The second-order valence-electron chi connectivity index (χ2n) is 4.50. The summed E-state index contributed by atoms with van der Waals surface area (Å²) in [4.78, 5) is 24.9. The van der Waals surface area contributed by atoms with Crippen LogP contribution in [0, 0.1) is 0 Å². The third-order valence-corrected chi connectivity index (χ3v) is 3.14. The molecule has 0 aromatic carbocycles. The van der Waals surface area contributed by atoms with E-state index in [0.29, 0.717) is 19.5 Å². The quantitative estimate of drug-likeness (QED) is 0.821. The number of likely N-dealkylation sites (tertiary alicyclic amines) is 1. The second kappa shape index (κ2) is 5.66. The summed E-state index contributed by atoms with van der Waals surface area (Å²) in [6.07, 6.45) is 4.18. The molecular formula is C12H18N4O2. The minimum atomic E-state index is -0.119. The summed E-state index contributed by atoms with van der Waals surface area (Å²) in [5.74, 6) is -0.0385. The van der Waals surface area contributed by atoms with Crippen molar-refractivity contribution >= 4 is 11.8 Å². The zero-order valence-corrected chi connectivity index (χ0v) is 10.6. The van der Waals surface area contributed by atoms with Crippen molar-refractivity contribution < 1.29 is 9.59 Å². The number of hydrogen-bond donors (Lipinski definition) is 1. The van der Waals surface area contributed by atoms with Gasteiger partial charge in [0.15, 0.2) is 0 Å². The molecule has 1 aromatic rings. The standard InChI is InChI=1S/C12H18N4O2/c1-15-10(5-6-14-15)8-13-11(17)9-16-7-3-2-4-12(16)18/h5-6H,2-4,7-9H2,1H3,(H,13,17). The van der Waals surface area contributed by atoms with Gasteiger partial charge in [-0.2, -0.15) is 5.10 Å². The molecular weight excluding hydrogens is 232 g/mol. The van der Waals surface area contributed by atoms with Crippen LogP contribution in [0.25, 0.3) is 0 Å². The lowest BCUT2D eigenvalue weighted by Gasteiger charge is -2.25. The fourth-order valence-corrected chi connectivity index (χ4v) is 2.02. The largest absolute Gasteiger partial charge is 0.349 e. The number of nitrogens with zero attached hydrogens (tertiary/aromatic N) is 3. The van der Waals surface area contributed by atoms with Crippen molar-refractivity contribution in [3.05, 3.63) is 18.0 Å². The van der Waals surface area contributed by atoms with E-state index < -0.39 is 0 Å². The number of piperidine rings is 1. The monoisotopic (exact) mass is 250 g/mol. The highest BCUT2D eigenvalue weighted by Crippen LogP contribution is 2.09. The van der Waals surface area contributed by atoms with Crippen molar-refractivity contribution in [3.63, 3.8) is 0 Å². The van der Waals surface area contributed by atoms with Crippen molar-refractivity contribution in [2.45, 2.75) is 25.8 Å². The summed E-state index contributed by atoms with van der Waals surface area (Å²) in [5.41, 5.74) is 0.938. The molecule has 98 valence electrons. The van der Waals surface area contributed by atoms with Crippen molar-refractivity contribution in [2.24, 2.45) is 7.05 Å². The van der Waals surface area contributed by atoms with E-state index in [1.54, 1.807) is 15.8 Å². The normalized spacial score (nSPS) is 15.8. The second-order valence-corrected chi connectivity index (χ2v) is 4.50. The van der Waals surface area contributed by atoms with E-state index in [9.17, 15) is 9.59 Å². The Balaban J connectivity index is 1.78. The van der Waals surface area contributed by atoms with Crippen LogP contribution in [0.3, 0.4) is 0 Å². The molecule has 0 radical (unpaired) electrons. The number of nitrogens with one attached hydrogen (secondary N) is 1. The molecule has 2 rings (SSSR count). The van der Waals surface area contributed by atoms with Gasteiger partial charge in [0.2, 0.25) is 11.8 Å². The molecule has 1 fully saturated rings. The molecule has 0 aliphatic carbocycles. The summed E-state index contributed by atoms with van der Waals surface area (Å²) in [6, 6.07) is 1.85. The molecule has 2 heterocycles. The van der Waals surface area contributed by atoms with Gasteiger partial charge in [-0.05, 0) is 18.9 Å². The fourth-order valence-electron chi connectivity index (χ4n) is 2.02. The number of carbonyl (C=O) groups excluding carboxylic acids is 2. The Bertz CT molecular complexity index is 441. The number of hydrogen-bond acceptors (Lipinski definition) is 3. The molecule has 0 spiro atoms. The first-order valence-corrected chi connectivity index (χ1v) is 6.18. The van der Waals surface area contributed by atoms with Crippen molar-refractivity contribution in [2.75, 3.05) is 13.1 Å². The smallest absolute Gasteiger partial charge is 0.239 e. The number of carbonyl (C=O) groups is 2. The van der Waals surface area contributed by atoms with Gasteiger partial charge in [0.25, 0.3) is 0 Å². The Morgan fingerprint density at radius 2 is 2.33 bits per heavy atom. The van der Waals surface area contributed by atoms with E-state index >= 15 is 0 Å². The highest BCUT2D eigenvalue weighted by Gasteiger charge is 2.20. The summed E-state index contributed by atoms with van der Waals surface area (Å²) in [6.45, 7) is 1.30. The lowest BCUT2D eigenvalue weighted by atomic mass is 10.1. The van der Waals surface area contributed by atoms with Gasteiger partial charge in [-0.25, -0.2) is 0 Å². The summed E-state index contributed by atoms with van der Waals surface area (Å²) in [5, 5.41) is 6.82. The van der Waals surface area contributed by atoms with E-state index in [-0.39, 0.29) is 18.4 Å². The minimum Gasteiger partial charge on any atom is -0.349 e. The maximum Gasteiger partial charge on any atom is 0.239 e. The number of amides is 2. The molecule has 18 heavy (non-hydrogen) atoms. The molecule has 6 heteroatoms. The predicted molar refractivity (Wildman–Crippen MR) is 65.5 cm³/mol. The molecule has 0 unspecified atom stereocenters. The Morgan fingerprint density at radius 1 is 1.50 bits per heavy atom. The average Bonchev–Trinajstić information content (AvgIpc) is 2.75. The van der Waals surface area contributed by atoms with Gasteiger partial charge in [0.1, 0.15) is 0 Å². The molecule has 1 saturated heterocycles. The zero-order valence-electron chi connectivity index (χ0n) is 10.6. The van der Waals surface area contributed by atoms with E-state index in [2.05, 4.69) is 10.4 Å². The highest BCUT2D eigenvalue weighted by atomic mass is 16.2. The molecule has 1 aromatic heterocycles. The minimum absolute atomic E-state index is 0.0805. The van der Waals surface area contributed by atoms with Gasteiger partial charge in [-0.3, -0.25) is 14.3 Å². The Kier molecular flexibility index (Phi) is 3.96. The summed E-state index contributed by atoms with van der Waals surface area (Å²) >= 11 is 0. The van der Waals surface area contributed by atoms with E-state index in [1.807, 2.05) is 13.1 Å². The first-order valence-electron chi connectivity index (χ1n) is 6.18. The first-order chi connectivity index (χ1) is 8.66. The molecule has 6 nitrogen and oxygen atoms in total. The Hall–Kier alpha value is -1.85. The van der Waals surface area contributed by atoms with E-state index in [0.717, 1.165) is 18.5 Å². The van der Waals surface area contributed by atoms with Gasteiger partial charge in [-0.1, -0.05) is 0 Å². The van der Waals surface area contributed by atoms with Gasteiger partial charge in [-0.15, -0.1) is 0 Å². The van der Waals surface area contributed by atoms with Crippen molar-refractivity contribution in [1.82, 2.24) is 20.0 Å². The van der Waals surface area contributed by atoms with Gasteiger partial charge < -0.3 is 10.2 Å². The molecule has 1 aliphatic heterocycles. The number of aromatic nitrogens is 2. The van der Waals surface area contributed by atoms with Gasteiger partial charge >= 0.3 is 0 Å². The zero-order chi connectivity index (χ0) is 13.0. The van der Waals surface area contributed by atoms with Crippen LogP contribution >= 0.6 is 0 Å². The number of rotatable bonds is 4. The van der Waals surface area contributed by atoms with Gasteiger partial charge in [0.05, 0.1) is 18.8 Å². The molecule has 1 aliphatic rings. The number of aryl methyl sites for hydroxylation is 1. The third kappa shape index (κ3) is 3.09. The predicted octanol–water partition coefficient (Wildman–Crippen LogP) is 0.0488. The molecule has 2 amide bonds. The van der Waals surface area contributed by atoms with Crippen molar-refractivity contribution in [1.29, 1.82) is 0 Å². The molecule has 0 bridgehead atoms. The Labute approximate surface area is 106 Å². The van der Waals surface area contributed by atoms with Crippen LogP contribution in [0.1, 0.15) is 25.0 Å². The third-order valence-electron chi connectivity index (χ3n) is 3.14. The fraction of sp³-hybridized carbons (Fsp3) is 0.583. The van der Waals surface area contributed by atoms with Crippen LogP contribution in [0.15, 0.2) is 12.3 Å². The van der Waals surface area contributed by atoms with Crippen LogP contribution < -0.4 is 5.32 Å². The maximum atomic E-state index is 11.7. The average molecular weight is 250 g/mol.